The van der Waals surface area contributed by atoms with Gasteiger partial charge in [0.25, 0.3) is 0 Å². The summed E-state index contributed by atoms with van der Waals surface area (Å²) in [6, 6.07) is 10.3. The maximum absolute atomic E-state index is 5.02. The lowest BCUT2D eigenvalue weighted by molar-refractivity contribution is 0.197. The fourth-order valence-electron chi connectivity index (χ4n) is 2.03. The molecule has 0 bridgehead atoms. The minimum absolute atomic E-state index is 0.538. The van der Waals surface area contributed by atoms with Gasteiger partial charge in [0.1, 0.15) is 5.82 Å². The van der Waals surface area contributed by atoms with Crippen molar-refractivity contribution in [3.63, 3.8) is 0 Å². The summed E-state index contributed by atoms with van der Waals surface area (Å²) in [5.74, 6) is 1.94. The third-order valence-corrected chi connectivity index (χ3v) is 3.31. The van der Waals surface area contributed by atoms with E-state index in [1.54, 1.807) is 13.3 Å². The number of benzene rings is 1. The Bertz CT molecular complexity index is 569. The Balaban J connectivity index is 1.94. The SMILES string of the molecule is COCCCNc1nccc(Nc2ccc(C(C)C)cc2)n1. The lowest BCUT2D eigenvalue weighted by Gasteiger charge is -2.10. The van der Waals surface area contributed by atoms with Gasteiger partial charge in [-0.2, -0.15) is 4.98 Å². The van der Waals surface area contributed by atoms with E-state index in [0.717, 1.165) is 31.1 Å². The standard InChI is InChI=1S/C17H24N4O/c1-13(2)14-5-7-15(8-6-14)20-16-9-11-19-17(21-16)18-10-4-12-22-3/h5-9,11,13H,4,10,12H2,1-3H3,(H2,18,19,20,21). The van der Waals surface area contributed by atoms with E-state index in [0.29, 0.717) is 11.9 Å². The lowest BCUT2D eigenvalue weighted by Crippen LogP contribution is -2.08. The molecule has 2 N–H and O–H groups in total. The van der Waals surface area contributed by atoms with Gasteiger partial charge in [0.05, 0.1) is 0 Å². The quantitative estimate of drug-likeness (QED) is 0.726. The maximum Gasteiger partial charge on any atom is 0.224 e. The number of aromatic nitrogens is 2. The lowest BCUT2D eigenvalue weighted by atomic mass is 10.0. The number of anilines is 3. The monoisotopic (exact) mass is 300 g/mol. The molecule has 0 aliphatic carbocycles. The van der Waals surface area contributed by atoms with E-state index in [1.165, 1.54) is 5.56 Å². The summed E-state index contributed by atoms with van der Waals surface area (Å²) in [7, 11) is 1.70. The molecule has 0 spiro atoms. The van der Waals surface area contributed by atoms with Crippen LogP contribution in [-0.2, 0) is 4.74 Å². The van der Waals surface area contributed by atoms with Crippen molar-refractivity contribution in [1.82, 2.24) is 9.97 Å². The Morgan fingerprint density at radius 3 is 2.59 bits per heavy atom. The first kappa shape index (κ1) is 16.2. The first-order valence-corrected chi connectivity index (χ1v) is 7.62. The van der Waals surface area contributed by atoms with E-state index in [2.05, 4.69) is 58.7 Å². The molecule has 1 heterocycles. The topological polar surface area (TPSA) is 59.1 Å². The molecule has 118 valence electrons. The summed E-state index contributed by atoms with van der Waals surface area (Å²) in [6.45, 7) is 5.90. The van der Waals surface area contributed by atoms with Gasteiger partial charge >= 0.3 is 0 Å². The molecule has 0 saturated carbocycles. The minimum atomic E-state index is 0.538. The Morgan fingerprint density at radius 2 is 1.91 bits per heavy atom. The third-order valence-electron chi connectivity index (χ3n) is 3.31. The van der Waals surface area contributed by atoms with Gasteiger partial charge in [-0.05, 0) is 36.1 Å². The Morgan fingerprint density at radius 1 is 1.14 bits per heavy atom. The number of nitrogens with zero attached hydrogens (tertiary/aromatic N) is 2. The van der Waals surface area contributed by atoms with Crippen LogP contribution in [0.4, 0.5) is 17.5 Å². The normalized spacial score (nSPS) is 10.7. The zero-order valence-corrected chi connectivity index (χ0v) is 13.5. The van der Waals surface area contributed by atoms with Gasteiger partial charge < -0.3 is 15.4 Å². The Kier molecular flexibility index (Phi) is 6.15. The van der Waals surface area contributed by atoms with Crippen LogP contribution in [-0.4, -0.2) is 30.2 Å². The van der Waals surface area contributed by atoms with Crippen molar-refractivity contribution in [1.29, 1.82) is 0 Å². The molecule has 0 radical (unpaired) electrons. The van der Waals surface area contributed by atoms with Crippen molar-refractivity contribution in [2.75, 3.05) is 30.9 Å². The van der Waals surface area contributed by atoms with Crippen LogP contribution in [0.3, 0.4) is 0 Å². The smallest absolute Gasteiger partial charge is 0.224 e. The Labute approximate surface area is 132 Å². The van der Waals surface area contributed by atoms with Gasteiger partial charge in [-0.15, -0.1) is 0 Å². The third kappa shape index (κ3) is 5.00. The van der Waals surface area contributed by atoms with Crippen molar-refractivity contribution < 1.29 is 4.74 Å². The van der Waals surface area contributed by atoms with Crippen molar-refractivity contribution in [2.24, 2.45) is 0 Å². The second kappa shape index (κ2) is 8.34. The number of nitrogens with one attached hydrogen (secondary N) is 2. The van der Waals surface area contributed by atoms with Gasteiger partial charge in [-0.1, -0.05) is 26.0 Å². The highest BCUT2D eigenvalue weighted by molar-refractivity contribution is 5.57. The molecule has 5 heteroatoms. The van der Waals surface area contributed by atoms with Crippen LogP contribution in [0.5, 0.6) is 0 Å². The average Bonchev–Trinajstić information content (AvgIpc) is 2.52. The zero-order chi connectivity index (χ0) is 15.8. The first-order valence-electron chi connectivity index (χ1n) is 7.62. The minimum Gasteiger partial charge on any atom is -0.385 e. The van der Waals surface area contributed by atoms with Crippen LogP contribution in [0.25, 0.3) is 0 Å². The second-order valence-electron chi connectivity index (χ2n) is 5.44. The molecular weight excluding hydrogens is 276 g/mol. The molecule has 1 aromatic carbocycles. The van der Waals surface area contributed by atoms with Crippen LogP contribution in [0.1, 0.15) is 31.7 Å². The van der Waals surface area contributed by atoms with E-state index in [9.17, 15) is 0 Å². The number of ether oxygens (including phenoxy) is 1. The number of rotatable bonds is 8. The van der Waals surface area contributed by atoms with Gasteiger partial charge in [0, 0.05) is 32.1 Å². The summed E-state index contributed by atoms with van der Waals surface area (Å²) in [6.07, 6.45) is 2.67. The molecule has 0 fully saturated rings. The highest BCUT2D eigenvalue weighted by atomic mass is 16.5. The van der Waals surface area contributed by atoms with Crippen molar-refractivity contribution in [2.45, 2.75) is 26.2 Å². The fourth-order valence-corrected chi connectivity index (χ4v) is 2.03. The number of methoxy groups -OCH3 is 1. The van der Waals surface area contributed by atoms with Crippen LogP contribution >= 0.6 is 0 Å². The summed E-state index contributed by atoms with van der Waals surface area (Å²) >= 11 is 0. The summed E-state index contributed by atoms with van der Waals surface area (Å²) < 4.78 is 5.02. The van der Waals surface area contributed by atoms with E-state index < -0.39 is 0 Å². The molecule has 2 aromatic rings. The van der Waals surface area contributed by atoms with Crippen LogP contribution in [0.2, 0.25) is 0 Å². The first-order chi connectivity index (χ1) is 10.7. The van der Waals surface area contributed by atoms with Crippen molar-refractivity contribution in [3.8, 4) is 0 Å². The molecule has 2 rings (SSSR count). The molecule has 5 nitrogen and oxygen atoms in total. The summed E-state index contributed by atoms with van der Waals surface area (Å²) in [5, 5.41) is 6.48. The van der Waals surface area contributed by atoms with Gasteiger partial charge in [-0.25, -0.2) is 4.98 Å². The van der Waals surface area contributed by atoms with E-state index in [1.807, 2.05) is 6.07 Å². The molecule has 0 aliphatic heterocycles. The van der Waals surface area contributed by atoms with E-state index in [4.69, 9.17) is 4.74 Å². The molecule has 0 amide bonds. The number of hydrogen-bond donors (Lipinski definition) is 2. The molecule has 0 atom stereocenters. The summed E-state index contributed by atoms with van der Waals surface area (Å²) in [4.78, 5) is 8.66. The van der Waals surface area contributed by atoms with Crippen molar-refractivity contribution in [3.05, 3.63) is 42.1 Å². The van der Waals surface area contributed by atoms with Crippen LogP contribution < -0.4 is 10.6 Å². The molecular formula is C17H24N4O. The van der Waals surface area contributed by atoms with Gasteiger partial charge in [0.2, 0.25) is 5.95 Å². The number of hydrogen-bond acceptors (Lipinski definition) is 5. The van der Waals surface area contributed by atoms with Crippen molar-refractivity contribution >= 4 is 17.5 Å². The molecule has 22 heavy (non-hydrogen) atoms. The molecule has 1 aromatic heterocycles. The van der Waals surface area contributed by atoms with Crippen LogP contribution in [0, 0.1) is 0 Å². The molecule has 0 aliphatic rings. The zero-order valence-electron chi connectivity index (χ0n) is 13.5. The maximum atomic E-state index is 5.02. The highest BCUT2D eigenvalue weighted by Gasteiger charge is 2.02. The van der Waals surface area contributed by atoms with Gasteiger partial charge in [-0.3, -0.25) is 0 Å². The second-order valence-corrected chi connectivity index (χ2v) is 5.44. The van der Waals surface area contributed by atoms with E-state index in [-0.39, 0.29) is 0 Å². The predicted octanol–water partition coefficient (Wildman–Crippen LogP) is 3.79. The Hall–Kier alpha value is -2.14. The highest BCUT2D eigenvalue weighted by Crippen LogP contribution is 2.19. The van der Waals surface area contributed by atoms with Gasteiger partial charge in [0.15, 0.2) is 0 Å². The van der Waals surface area contributed by atoms with Crippen LogP contribution in [0.15, 0.2) is 36.5 Å². The average molecular weight is 300 g/mol. The molecule has 0 saturated heterocycles. The predicted molar refractivity (Wildman–Crippen MR) is 90.8 cm³/mol. The fraction of sp³-hybridized carbons (Fsp3) is 0.412. The largest absolute Gasteiger partial charge is 0.385 e. The molecule has 0 unspecified atom stereocenters. The van der Waals surface area contributed by atoms with E-state index >= 15 is 0 Å². The summed E-state index contributed by atoms with van der Waals surface area (Å²) in [5.41, 5.74) is 2.35.